The van der Waals surface area contributed by atoms with E-state index in [1.165, 1.54) is 0 Å². The van der Waals surface area contributed by atoms with E-state index in [2.05, 4.69) is 0 Å². The third-order valence-electron chi connectivity index (χ3n) is 3.30. The highest BCUT2D eigenvalue weighted by atomic mass is 16.3. The highest BCUT2D eigenvalue weighted by molar-refractivity contribution is 5.74. The minimum Gasteiger partial charge on any atom is -0.508 e. The number of phenolic OH excluding ortho intramolecular Hbond substituents is 2. The molecule has 94 valence electrons. The van der Waals surface area contributed by atoms with Crippen molar-refractivity contribution in [3.05, 3.63) is 46.5 Å². The van der Waals surface area contributed by atoms with Gasteiger partial charge >= 0.3 is 0 Å². The lowest BCUT2D eigenvalue weighted by molar-refractivity contribution is 0.467. The monoisotopic (exact) mass is 242 g/mol. The summed E-state index contributed by atoms with van der Waals surface area (Å²) in [6.07, 6.45) is 0. The Morgan fingerprint density at radius 3 is 1.56 bits per heavy atom. The topological polar surface area (TPSA) is 40.5 Å². The lowest BCUT2D eigenvalue weighted by Crippen LogP contribution is -1.91. The van der Waals surface area contributed by atoms with E-state index in [9.17, 15) is 10.2 Å². The molecule has 0 amide bonds. The van der Waals surface area contributed by atoms with Gasteiger partial charge in [0.15, 0.2) is 0 Å². The molecule has 0 aliphatic heterocycles. The highest BCUT2D eigenvalue weighted by Crippen LogP contribution is 2.34. The summed E-state index contributed by atoms with van der Waals surface area (Å²) in [5, 5.41) is 19.4. The Kier molecular flexibility index (Phi) is 3.04. The maximum absolute atomic E-state index is 9.82. The van der Waals surface area contributed by atoms with Crippen LogP contribution in [0.3, 0.4) is 0 Å². The molecule has 0 spiro atoms. The van der Waals surface area contributed by atoms with Crippen LogP contribution in [0.15, 0.2) is 24.3 Å². The molecule has 0 unspecified atom stereocenters. The molecule has 2 aromatic carbocycles. The van der Waals surface area contributed by atoms with Gasteiger partial charge in [-0.05, 0) is 85.3 Å². The molecule has 0 atom stereocenters. The van der Waals surface area contributed by atoms with Crippen LogP contribution in [0.4, 0.5) is 0 Å². The number of hydrogen-bond donors (Lipinski definition) is 2. The summed E-state index contributed by atoms with van der Waals surface area (Å²) in [7, 11) is 0. The lowest BCUT2D eigenvalue weighted by atomic mass is 9.93. The molecule has 0 fully saturated rings. The first-order chi connectivity index (χ1) is 8.40. The molecule has 0 aromatic heterocycles. The largest absolute Gasteiger partial charge is 0.508 e. The Morgan fingerprint density at radius 1 is 0.667 bits per heavy atom. The summed E-state index contributed by atoms with van der Waals surface area (Å²) in [6, 6.07) is 7.49. The molecule has 0 bridgehead atoms. The van der Waals surface area contributed by atoms with Gasteiger partial charge in [-0.15, -0.1) is 0 Å². The Labute approximate surface area is 108 Å². The van der Waals surface area contributed by atoms with Crippen molar-refractivity contribution in [2.75, 3.05) is 0 Å². The first-order valence-corrected chi connectivity index (χ1v) is 6.01. The lowest BCUT2D eigenvalue weighted by Gasteiger charge is -2.13. The molecule has 2 N–H and O–H groups in total. The minimum absolute atomic E-state index is 0.293. The van der Waals surface area contributed by atoms with Crippen LogP contribution in [0.25, 0.3) is 11.1 Å². The molecule has 2 nitrogen and oxygen atoms in total. The zero-order valence-electron chi connectivity index (χ0n) is 11.2. The maximum Gasteiger partial charge on any atom is 0.121 e. The second kappa shape index (κ2) is 4.37. The Bertz CT molecular complexity index is 566. The van der Waals surface area contributed by atoms with E-state index in [4.69, 9.17) is 0 Å². The van der Waals surface area contributed by atoms with Gasteiger partial charge in [-0.25, -0.2) is 0 Å². The molecule has 0 radical (unpaired) electrons. The number of hydrogen-bond acceptors (Lipinski definition) is 2. The SMILES string of the molecule is Cc1cc(-c2c(C)cc(O)cc2C)cc(C)c1O. The average Bonchev–Trinajstić information content (AvgIpc) is 2.24. The van der Waals surface area contributed by atoms with Crippen molar-refractivity contribution in [1.29, 1.82) is 0 Å². The molecule has 18 heavy (non-hydrogen) atoms. The van der Waals surface area contributed by atoms with Crippen LogP contribution in [0, 0.1) is 27.7 Å². The highest BCUT2D eigenvalue weighted by Gasteiger charge is 2.10. The van der Waals surface area contributed by atoms with Gasteiger partial charge in [0.2, 0.25) is 0 Å². The molecule has 2 rings (SSSR count). The van der Waals surface area contributed by atoms with Gasteiger partial charge in [-0.3, -0.25) is 0 Å². The van der Waals surface area contributed by atoms with Crippen LogP contribution in [-0.2, 0) is 0 Å². The summed E-state index contributed by atoms with van der Waals surface area (Å²) >= 11 is 0. The third kappa shape index (κ3) is 2.06. The van der Waals surface area contributed by atoms with Crippen molar-refractivity contribution in [1.82, 2.24) is 0 Å². The van der Waals surface area contributed by atoms with E-state index in [0.717, 1.165) is 33.4 Å². The molecule has 0 heterocycles. The fraction of sp³-hybridized carbons (Fsp3) is 0.250. The van der Waals surface area contributed by atoms with Gasteiger partial charge < -0.3 is 10.2 Å². The van der Waals surface area contributed by atoms with E-state index < -0.39 is 0 Å². The Hall–Kier alpha value is -1.96. The number of phenols is 2. The standard InChI is InChI=1S/C16H18O2/c1-9-7-14(17)8-10(2)15(9)13-5-11(3)16(18)12(4)6-13/h5-8,17-18H,1-4H3. The average molecular weight is 242 g/mol. The van der Waals surface area contributed by atoms with E-state index in [1.54, 1.807) is 12.1 Å². The van der Waals surface area contributed by atoms with Crippen molar-refractivity contribution in [2.45, 2.75) is 27.7 Å². The second-order valence-electron chi connectivity index (χ2n) is 4.91. The van der Waals surface area contributed by atoms with E-state index in [1.807, 2.05) is 39.8 Å². The summed E-state index contributed by atoms with van der Waals surface area (Å²) in [4.78, 5) is 0. The van der Waals surface area contributed by atoms with Gasteiger partial charge in [0.05, 0.1) is 0 Å². The maximum atomic E-state index is 9.82. The smallest absolute Gasteiger partial charge is 0.121 e. The number of rotatable bonds is 1. The summed E-state index contributed by atoms with van der Waals surface area (Å²) < 4.78 is 0. The predicted octanol–water partition coefficient (Wildman–Crippen LogP) is 4.00. The van der Waals surface area contributed by atoms with E-state index in [-0.39, 0.29) is 0 Å². The zero-order valence-corrected chi connectivity index (χ0v) is 11.2. The third-order valence-corrected chi connectivity index (χ3v) is 3.30. The second-order valence-corrected chi connectivity index (χ2v) is 4.91. The van der Waals surface area contributed by atoms with Crippen molar-refractivity contribution in [3.63, 3.8) is 0 Å². The van der Waals surface area contributed by atoms with Crippen LogP contribution >= 0.6 is 0 Å². The van der Waals surface area contributed by atoms with E-state index >= 15 is 0 Å². The molecular weight excluding hydrogens is 224 g/mol. The van der Waals surface area contributed by atoms with Gasteiger partial charge in [0.1, 0.15) is 11.5 Å². The van der Waals surface area contributed by atoms with Crippen molar-refractivity contribution in [3.8, 4) is 22.6 Å². The van der Waals surface area contributed by atoms with Crippen LogP contribution in [0.5, 0.6) is 11.5 Å². The molecular formula is C16H18O2. The van der Waals surface area contributed by atoms with Crippen LogP contribution in [0.1, 0.15) is 22.3 Å². The fourth-order valence-electron chi connectivity index (χ4n) is 2.50. The fourth-order valence-corrected chi connectivity index (χ4v) is 2.50. The predicted molar refractivity (Wildman–Crippen MR) is 74.2 cm³/mol. The molecule has 2 aromatic rings. The van der Waals surface area contributed by atoms with Gasteiger partial charge in [-0.1, -0.05) is 0 Å². The first-order valence-electron chi connectivity index (χ1n) is 6.01. The normalized spacial score (nSPS) is 10.7. The molecule has 2 heteroatoms. The number of benzene rings is 2. The first kappa shape index (κ1) is 12.5. The van der Waals surface area contributed by atoms with Crippen molar-refractivity contribution in [2.24, 2.45) is 0 Å². The summed E-state index contributed by atoms with van der Waals surface area (Å²) in [6.45, 7) is 7.77. The van der Waals surface area contributed by atoms with E-state index in [0.29, 0.717) is 11.5 Å². The van der Waals surface area contributed by atoms with Crippen LogP contribution < -0.4 is 0 Å². The van der Waals surface area contributed by atoms with Crippen LogP contribution in [0.2, 0.25) is 0 Å². The van der Waals surface area contributed by atoms with Crippen molar-refractivity contribution < 1.29 is 10.2 Å². The van der Waals surface area contributed by atoms with Gasteiger partial charge in [-0.2, -0.15) is 0 Å². The molecule has 0 aliphatic carbocycles. The number of aryl methyl sites for hydroxylation is 4. The quantitative estimate of drug-likeness (QED) is 0.793. The van der Waals surface area contributed by atoms with Gasteiger partial charge in [0.25, 0.3) is 0 Å². The Balaban J connectivity index is 2.70. The molecule has 0 aliphatic rings. The molecule has 0 saturated heterocycles. The summed E-state index contributed by atoms with van der Waals surface area (Å²) in [5.41, 5.74) is 6.03. The zero-order chi connectivity index (χ0) is 13.4. The Morgan fingerprint density at radius 2 is 1.11 bits per heavy atom. The number of aromatic hydroxyl groups is 2. The minimum atomic E-state index is 0.293. The summed E-state index contributed by atoms with van der Waals surface area (Å²) in [5.74, 6) is 0.647. The van der Waals surface area contributed by atoms with Gasteiger partial charge in [0, 0.05) is 0 Å². The van der Waals surface area contributed by atoms with Crippen LogP contribution in [-0.4, -0.2) is 10.2 Å². The molecule has 0 saturated carbocycles. The van der Waals surface area contributed by atoms with Crippen molar-refractivity contribution >= 4 is 0 Å².